The zero-order chi connectivity index (χ0) is 14.7. The molecule has 0 bridgehead atoms. The molecule has 21 heavy (non-hydrogen) atoms. The Morgan fingerprint density at radius 2 is 2.10 bits per heavy atom. The highest BCUT2D eigenvalue weighted by atomic mass is 16.5. The van der Waals surface area contributed by atoms with Gasteiger partial charge in [-0.1, -0.05) is 23.4 Å². The van der Waals surface area contributed by atoms with Crippen molar-refractivity contribution < 1.29 is 9.26 Å². The molecule has 0 unspecified atom stereocenters. The van der Waals surface area contributed by atoms with Crippen molar-refractivity contribution in [3.63, 3.8) is 0 Å². The molecule has 6 heteroatoms. The number of ether oxygens (including phenoxy) is 1. The molecule has 2 aromatic heterocycles. The summed E-state index contributed by atoms with van der Waals surface area (Å²) in [6.45, 7) is 3.23. The van der Waals surface area contributed by atoms with Gasteiger partial charge >= 0.3 is 6.01 Å². The van der Waals surface area contributed by atoms with E-state index in [1.807, 2.05) is 31.2 Å². The highest BCUT2D eigenvalue weighted by Crippen LogP contribution is 2.23. The van der Waals surface area contributed by atoms with Crippen LogP contribution < -0.4 is 5.32 Å². The molecule has 6 nitrogen and oxygen atoms in total. The maximum Gasteiger partial charge on any atom is 0.321 e. The molecule has 0 aliphatic rings. The van der Waals surface area contributed by atoms with Crippen molar-refractivity contribution in [1.29, 1.82) is 0 Å². The lowest BCUT2D eigenvalue weighted by molar-refractivity contribution is 0.210. The second kappa shape index (κ2) is 5.88. The third-order valence-corrected chi connectivity index (χ3v) is 3.16. The molecule has 0 aliphatic heterocycles. The Morgan fingerprint density at radius 1 is 1.24 bits per heavy atom. The second-order valence-electron chi connectivity index (χ2n) is 4.68. The molecule has 108 valence electrons. The van der Waals surface area contributed by atoms with Crippen LogP contribution in [0.1, 0.15) is 5.56 Å². The number of pyridine rings is 1. The minimum Gasteiger partial charge on any atom is -0.383 e. The van der Waals surface area contributed by atoms with Crippen molar-refractivity contribution >= 4 is 16.9 Å². The Hall–Kier alpha value is -2.47. The summed E-state index contributed by atoms with van der Waals surface area (Å²) in [5, 5.41) is 8.08. The van der Waals surface area contributed by atoms with Gasteiger partial charge in [-0.05, 0) is 24.6 Å². The van der Waals surface area contributed by atoms with E-state index in [-0.39, 0.29) is 0 Å². The monoisotopic (exact) mass is 284 g/mol. The molecule has 1 aromatic carbocycles. The molecule has 0 aliphatic carbocycles. The van der Waals surface area contributed by atoms with E-state index in [1.54, 1.807) is 7.11 Å². The van der Waals surface area contributed by atoms with E-state index < -0.39 is 0 Å². The van der Waals surface area contributed by atoms with Gasteiger partial charge in [0, 0.05) is 19.0 Å². The predicted molar refractivity (Wildman–Crippen MR) is 80.1 cm³/mol. The number of hydrogen-bond acceptors (Lipinski definition) is 6. The summed E-state index contributed by atoms with van der Waals surface area (Å²) >= 11 is 0. The summed E-state index contributed by atoms with van der Waals surface area (Å²) < 4.78 is 10.1. The molecular weight excluding hydrogens is 268 g/mol. The number of nitrogens with one attached hydrogen (secondary N) is 1. The molecule has 0 radical (unpaired) electrons. The first kappa shape index (κ1) is 13.5. The van der Waals surface area contributed by atoms with Gasteiger partial charge in [-0.2, -0.15) is 4.98 Å². The molecule has 3 aromatic rings. The fourth-order valence-electron chi connectivity index (χ4n) is 2.12. The molecule has 1 N–H and O–H groups in total. The van der Waals surface area contributed by atoms with Gasteiger partial charge in [0.15, 0.2) is 0 Å². The van der Waals surface area contributed by atoms with Crippen LogP contribution in [0.4, 0.5) is 6.01 Å². The van der Waals surface area contributed by atoms with E-state index in [9.17, 15) is 0 Å². The maximum absolute atomic E-state index is 5.15. The van der Waals surface area contributed by atoms with E-state index in [0.717, 1.165) is 16.5 Å². The third kappa shape index (κ3) is 2.85. The van der Waals surface area contributed by atoms with Crippen LogP contribution in [-0.2, 0) is 4.74 Å². The third-order valence-electron chi connectivity index (χ3n) is 3.16. The normalized spacial score (nSPS) is 11.0. The van der Waals surface area contributed by atoms with Crippen molar-refractivity contribution in [3.8, 4) is 11.5 Å². The highest BCUT2D eigenvalue weighted by Gasteiger charge is 2.11. The van der Waals surface area contributed by atoms with Gasteiger partial charge < -0.3 is 14.6 Å². The first-order valence-electron chi connectivity index (χ1n) is 6.71. The molecule has 3 rings (SSSR count). The zero-order valence-electron chi connectivity index (χ0n) is 12.0. The average molecular weight is 284 g/mol. The van der Waals surface area contributed by atoms with Crippen LogP contribution in [0.5, 0.6) is 0 Å². The number of nitrogens with zero attached hydrogens (tertiary/aromatic N) is 3. The van der Waals surface area contributed by atoms with Crippen LogP contribution in [-0.4, -0.2) is 35.4 Å². The fraction of sp³-hybridized carbons (Fsp3) is 0.267. The Balaban J connectivity index is 1.90. The summed E-state index contributed by atoms with van der Waals surface area (Å²) in [6, 6.07) is 10.3. The summed E-state index contributed by atoms with van der Waals surface area (Å²) in [5.41, 5.74) is 2.76. The number of fused-ring (bicyclic) bond motifs is 1. The lowest BCUT2D eigenvalue weighted by Crippen LogP contribution is -2.07. The lowest BCUT2D eigenvalue weighted by Gasteiger charge is -2.03. The van der Waals surface area contributed by atoms with Gasteiger partial charge in [0.05, 0.1) is 12.1 Å². The minimum absolute atomic E-state index is 0.370. The molecule has 0 atom stereocenters. The standard InChI is InChI=1S/C15H16N4O2/c1-10-9-13(17-12-6-4-3-5-11(10)12)14-18-15(21-19-14)16-7-8-20-2/h3-6,9H,7-8H2,1-2H3,(H,16,18,19). The Morgan fingerprint density at radius 3 is 2.95 bits per heavy atom. The molecule has 0 spiro atoms. The largest absolute Gasteiger partial charge is 0.383 e. The van der Waals surface area contributed by atoms with Crippen LogP contribution in [0.3, 0.4) is 0 Å². The van der Waals surface area contributed by atoms with Crippen molar-refractivity contribution in [1.82, 2.24) is 15.1 Å². The first-order valence-corrected chi connectivity index (χ1v) is 6.71. The van der Waals surface area contributed by atoms with E-state index in [4.69, 9.17) is 9.26 Å². The summed E-state index contributed by atoms with van der Waals surface area (Å²) in [5.74, 6) is 0.476. The van der Waals surface area contributed by atoms with Gasteiger partial charge in [-0.15, -0.1) is 0 Å². The first-order chi connectivity index (χ1) is 10.3. The lowest BCUT2D eigenvalue weighted by atomic mass is 10.1. The predicted octanol–water partition coefficient (Wildman–Crippen LogP) is 2.65. The Bertz CT molecular complexity index is 754. The highest BCUT2D eigenvalue weighted by molar-refractivity contribution is 5.84. The molecule has 0 saturated carbocycles. The molecular formula is C15H16N4O2. The zero-order valence-corrected chi connectivity index (χ0v) is 12.0. The average Bonchev–Trinajstić information content (AvgIpc) is 2.96. The van der Waals surface area contributed by atoms with Gasteiger partial charge in [-0.25, -0.2) is 4.98 Å². The summed E-state index contributed by atoms with van der Waals surface area (Å²) in [4.78, 5) is 8.87. The molecule has 0 amide bonds. The van der Waals surface area contributed by atoms with Crippen LogP contribution in [0.2, 0.25) is 0 Å². The van der Waals surface area contributed by atoms with Crippen LogP contribution in [0.25, 0.3) is 22.4 Å². The van der Waals surface area contributed by atoms with Crippen molar-refractivity contribution in [3.05, 3.63) is 35.9 Å². The van der Waals surface area contributed by atoms with E-state index in [2.05, 4.69) is 26.5 Å². The number of benzene rings is 1. The molecule has 2 heterocycles. The Labute approximate surface area is 122 Å². The Kier molecular flexibility index (Phi) is 3.79. The number of anilines is 1. The number of methoxy groups -OCH3 is 1. The fourth-order valence-corrected chi connectivity index (χ4v) is 2.12. The number of aryl methyl sites for hydroxylation is 1. The van der Waals surface area contributed by atoms with E-state index in [1.165, 1.54) is 0 Å². The van der Waals surface area contributed by atoms with Crippen LogP contribution >= 0.6 is 0 Å². The number of rotatable bonds is 5. The topological polar surface area (TPSA) is 73.1 Å². The number of para-hydroxylation sites is 1. The minimum atomic E-state index is 0.370. The van der Waals surface area contributed by atoms with Crippen LogP contribution in [0.15, 0.2) is 34.9 Å². The number of aromatic nitrogens is 3. The van der Waals surface area contributed by atoms with Gasteiger partial charge in [0.25, 0.3) is 0 Å². The smallest absolute Gasteiger partial charge is 0.321 e. The number of hydrogen-bond donors (Lipinski definition) is 1. The summed E-state index contributed by atoms with van der Waals surface area (Å²) in [6.07, 6.45) is 0. The van der Waals surface area contributed by atoms with Crippen molar-refractivity contribution in [2.24, 2.45) is 0 Å². The van der Waals surface area contributed by atoms with Gasteiger partial charge in [-0.3, -0.25) is 0 Å². The van der Waals surface area contributed by atoms with Crippen molar-refractivity contribution in [2.45, 2.75) is 6.92 Å². The quantitative estimate of drug-likeness (QED) is 0.726. The van der Waals surface area contributed by atoms with E-state index >= 15 is 0 Å². The van der Waals surface area contributed by atoms with Crippen molar-refractivity contribution in [2.75, 3.05) is 25.6 Å². The SMILES string of the molecule is COCCNc1nc(-c2cc(C)c3ccccc3n2)no1. The second-order valence-corrected chi connectivity index (χ2v) is 4.68. The molecule has 0 fully saturated rings. The van der Waals surface area contributed by atoms with Gasteiger partial charge in [0.1, 0.15) is 5.69 Å². The van der Waals surface area contributed by atoms with Gasteiger partial charge in [0.2, 0.25) is 5.82 Å². The summed E-state index contributed by atoms with van der Waals surface area (Å²) in [7, 11) is 1.64. The van der Waals surface area contributed by atoms with E-state index in [0.29, 0.717) is 30.7 Å². The molecule has 0 saturated heterocycles. The maximum atomic E-state index is 5.15. The van der Waals surface area contributed by atoms with Crippen LogP contribution in [0, 0.1) is 6.92 Å².